The minimum atomic E-state index is -0.348. The molecule has 39 heavy (non-hydrogen) atoms. The van der Waals surface area contributed by atoms with Gasteiger partial charge >= 0.3 is 5.97 Å². The van der Waals surface area contributed by atoms with Crippen LogP contribution in [0.5, 0.6) is 0 Å². The maximum atomic E-state index is 13.2. The Morgan fingerprint density at radius 2 is 1.77 bits per heavy atom. The number of aromatic nitrogens is 3. The second-order valence-corrected chi connectivity index (χ2v) is 9.86. The molecule has 2 aromatic carbocycles. The van der Waals surface area contributed by atoms with E-state index in [0.29, 0.717) is 18.0 Å². The number of nitrogens with one attached hydrogen (secondary N) is 1. The number of carbonyl (C=O) groups is 1. The lowest BCUT2D eigenvalue weighted by molar-refractivity contribution is 0.0598. The number of esters is 1. The van der Waals surface area contributed by atoms with Crippen LogP contribution in [-0.4, -0.2) is 52.6 Å². The zero-order valence-electron chi connectivity index (χ0n) is 21.9. The first-order chi connectivity index (χ1) is 18.2. The van der Waals surface area contributed by atoms with Crippen molar-refractivity contribution in [1.82, 2.24) is 25.2 Å². The molecule has 9 heteroatoms. The summed E-state index contributed by atoms with van der Waals surface area (Å²) < 4.78 is 5.28. The molecular weight excluding hydrogens is 533 g/mol. The summed E-state index contributed by atoms with van der Waals surface area (Å²) in [6, 6.07) is 18.1. The first-order valence-corrected chi connectivity index (χ1v) is 13.0. The number of likely N-dealkylation sites (tertiary alicyclic amines) is 1. The van der Waals surface area contributed by atoms with Gasteiger partial charge in [-0.25, -0.2) is 14.8 Å². The number of para-hydroxylation sites is 1. The summed E-state index contributed by atoms with van der Waals surface area (Å²) in [6.07, 6.45) is 4.95. The van der Waals surface area contributed by atoms with Gasteiger partial charge in [0.15, 0.2) is 0 Å². The largest absolute Gasteiger partial charge is 0.465 e. The predicted octanol–water partition coefficient (Wildman–Crippen LogP) is 5.35. The number of hydrogen-bond donors (Lipinski definition) is 1. The maximum absolute atomic E-state index is 13.2. The predicted molar refractivity (Wildman–Crippen MR) is 158 cm³/mol. The van der Waals surface area contributed by atoms with Gasteiger partial charge in [-0.2, -0.15) is 0 Å². The van der Waals surface area contributed by atoms with Gasteiger partial charge in [-0.3, -0.25) is 9.88 Å². The van der Waals surface area contributed by atoms with Gasteiger partial charge in [0, 0.05) is 60.4 Å². The minimum absolute atomic E-state index is 0. The Bertz CT molecular complexity index is 1440. The lowest BCUT2D eigenvalue weighted by atomic mass is 9.92. The monoisotopic (exact) mass is 565 g/mol. The number of nitrogens with zero attached hydrogens (tertiary/aromatic N) is 4. The molecule has 0 atom stereocenters. The van der Waals surface area contributed by atoms with Crippen LogP contribution in [0.4, 0.5) is 0 Å². The third kappa shape index (κ3) is 5.92. The number of fused-ring (bicyclic) bond motifs is 2. The van der Waals surface area contributed by atoms with Gasteiger partial charge in [-0.05, 0) is 37.6 Å². The average molecular weight is 567 g/mol. The molecule has 1 fully saturated rings. The highest BCUT2D eigenvalue weighted by atomic mass is 35.5. The number of halogens is 2. The summed E-state index contributed by atoms with van der Waals surface area (Å²) in [5, 5.41) is 4.34. The number of pyridine rings is 1. The van der Waals surface area contributed by atoms with Crippen molar-refractivity contribution in [3.8, 4) is 11.1 Å². The van der Waals surface area contributed by atoms with E-state index < -0.39 is 0 Å². The summed E-state index contributed by atoms with van der Waals surface area (Å²) in [5.41, 5.74) is 6.50. The van der Waals surface area contributed by atoms with Crippen molar-refractivity contribution in [1.29, 1.82) is 0 Å². The second-order valence-electron chi connectivity index (χ2n) is 9.86. The standard InChI is InChI=1S/C30H31N5O2.2ClH/c1-37-30(36)28-26(33-25-10-6-5-9-23(25)27(28)20-7-3-2-4-8-20)19-35-15-12-21(13-16-35)29-32-18-22-17-31-14-11-24(22)34-29;;/h2-10,18,21,31H,11-17,19H2,1H3;2*1H. The lowest BCUT2D eigenvalue weighted by Gasteiger charge is -2.32. The van der Waals surface area contributed by atoms with Crippen LogP contribution in [0.2, 0.25) is 0 Å². The first-order valence-electron chi connectivity index (χ1n) is 13.0. The van der Waals surface area contributed by atoms with Crippen LogP contribution in [-0.2, 0) is 24.2 Å². The van der Waals surface area contributed by atoms with Crippen LogP contribution in [0.15, 0.2) is 60.8 Å². The van der Waals surface area contributed by atoms with E-state index in [1.54, 1.807) is 0 Å². The van der Waals surface area contributed by atoms with Crippen molar-refractivity contribution in [2.75, 3.05) is 26.7 Å². The van der Waals surface area contributed by atoms with Gasteiger partial charge in [-0.15, -0.1) is 24.8 Å². The van der Waals surface area contributed by atoms with Crippen LogP contribution in [0.1, 0.15) is 51.9 Å². The first kappa shape index (κ1) is 28.9. The molecule has 0 radical (unpaired) electrons. The zero-order chi connectivity index (χ0) is 25.2. The molecule has 4 heterocycles. The molecule has 0 amide bonds. The van der Waals surface area contributed by atoms with Gasteiger partial charge < -0.3 is 10.1 Å². The number of benzene rings is 2. The van der Waals surface area contributed by atoms with Crippen LogP contribution < -0.4 is 5.32 Å². The van der Waals surface area contributed by atoms with E-state index in [1.807, 2.05) is 60.8 Å². The summed E-state index contributed by atoms with van der Waals surface area (Å²) in [7, 11) is 1.44. The molecule has 0 aliphatic carbocycles. The summed E-state index contributed by atoms with van der Waals surface area (Å²) in [5.74, 6) is 0.991. The van der Waals surface area contributed by atoms with Gasteiger partial charge in [-0.1, -0.05) is 48.5 Å². The van der Waals surface area contributed by atoms with E-state index in [9.17, 15) is 4.79 Å². The molecule has 2 aliphatic heterocycles. The molecule has 204 valence electrons. The molecule has 4 aromatic rings. The topological polar surface area (TPSA) is 80.2 Å². The van der Waals surface area contributed by atoms with Crippen molar-refractivity contribution in [3.05, 3.63) is 89.1 Å². The molecule has 6 rings (SSSR count). The van der Waals surface area contributed by atoms with E-state index in [1.165, 1.54) is 18.4 Å². The molecule has 2 aromatic heterocycles. The van der Waals surface area contributed by atoms with Crippen molar-refractivity contribution in [2.45, 2.75) is 38.3 Å². The number of ether oxygens (including phenoxy) is 1. The molecule has 7 nitrogen and oxygen atoms in total. The fourth-order valence-corrected chi connectivity index (χ4v) is 5.61. The van der Waals surface area contributed by atoms with Crippen molar-refractivity contribution < 1.29 is 9.53 Å². The van der Waals surface area contributed by atoms with Gasteiger partial charge in [0.1, 0.15) is 5.82 Å². The molecule has 1 saturated heterocycles. The second kappa shape index (κ2) is 12.8. The van der Waals surface area contributed by atoms with Crippen LogP contribution in [0.3, 0.4) is 0 Å². The van der Waals surface area contributed by atoms with Crippen LogP contribution in [0, 0.1) is 0 Å². The van der Waals surface area contributed by atoms with E-state index in [0.717, 1.165) is 79.0 Å². The smallest absolute Gasteiger partial charge is 0.340 e. The Morgan fingerprint density at radius 3 is 2.54 bits per heavy atom. The maximum Gasteiger partial charge on any atom is 0.340 e. The Morgan fingerprint density at radius 1 is 1.03 bits per heavy atom. The fourth-order valence-electron chi connectivity index (χ4n) is 5.61. The minimum Gasteiger partial charge on any atom is -0.465 e. The van der Waals surface area contributed by atoms with E-state index >= 15 is 0 Å². The third-order valence-electron chi connectivity index (χ3n) is 7.57. The Labute approximate surface area is 241 Å². The Hall–Kier alpha value is -3.10. The van der Waals surface area contributed by atoms with Crippen LogP contribution >= 0.6 is 24.8 Å². The van der Waals surface area contributed by atoms with Crippen molar-refractivity contribution in [2.24, 2.45) is 0 Å². The molecule has 0 spiro atoms. The highest BCUT2D eigenvalue weighted by Crippen LogP contribution is 2.35. The Kier molecular flexibility index (Phi) is 9.51. The number of rotatable bonds is 5. The zero-order valence-corrected chi connectivity index (χ0v) is 23.6. The average Bonchev–Trinajstić information content (AvgIpc) is 2.96. The van der Waals surface area contributed by atoms with Crippen molar-refractivity contribution in [3.63, 3.8) is 0 Å². The highest BCUT2D eigenvalue weighted by molar-refractivity contribution is 6.07. The Balaban J connectivity index is 0.00000176. The number of methoxy groups -OCH3 is 1. The summed E-state index contributed by atoms with van der Waals surface area (Å²) in [4.78, 5) is 30.2. The molecule has 2 aliphatic rings. The fraction of sp³-hybridized carbons (Fsp3) is 0.333. The van der Waals surface area contributed by atoms with Gasteiger partial charge in [0.2, 0.25) is 0 Å². The van der Waals surface area contributed by atoms with E-state index in [2.05, 4.69) is 10.2 Å². The third-order valence-corrected chi connectivity index (χ3v) is 7.57. The molecular formula is C30H33Cl2N5O2. The number of hydrogen-bond acceptors (Lipinski definition) is 7. The molecule has 0 saturated carbocycles. The lowest BCUT2D eigenvalue weighted by Crippen LogP contribution is -2.34. The van der Waals surface area contributed by atoms with E-state index in [4.69, 9.17) is 19.7 Å². The summed E-state index contributed by atoms with van der Waals surface area (Å²) in [6.45, 7) is 4.25. The molecule has 1 N–H and O–H groups in total. The van der Waals surface area contributed by atoms with Gasteiger partial charge in [0.05, 0.1) is 23.9 Å². The number of piperidine rings is 1. The highest BCUT2D eigenvalue weighted by Gasteiger charge is 2.28. The van der Waals surface area contributed by atoms with Crippen molar-refractivity contribution >= 4 is 41.7 Å². The molecule has 0 unspecified atom stereocenters. The van der Waals surface area contributed by atoms with E-state index in [-0.39, 0.29) is 30.8 Å². The summed E-state index contributed by atoms with van der Waals surface area (Å²) >= 11 is 0. The van der Waals surface area contributed by atoms with Gasteiger partial charge in [0.25, 0.3) is 0 Å². The van der Waals surface area contributed by atoms with Crippen LogP contribution in [0.25, 0.3) is 22.0 Å². The SMILES string of the molecule is COC(=O)c1c(CN2CCC(c3ncc4c(n3)CCNC4)CC2)nc2ccccc2c1-c1ccccc1.Cl.Cl. The quantitative estimate of drug-likeness (QED) is 0.327. The normalized spacial score (nSPS) is 15.6. The molecule has 0 bridgehead atoms. The number of carbonyl (C=O) groups excluding carboxylic acids is 1.